The van der Waals surface area contributed by atoms with Gasteiger partial charge >= 0.3 is 5.97 Å². The van der Waals surface area contributed by atoms with Gasteiger partial charge in [-0.3, -0.25) is 4.79 Å². The molecule has 8 heteroatoms. The van der Waals surface area contributed by atoms with E-state index in [0.29, 0.717) is 21.3 Å². The minimum absolute atomic E-state index is 0.0258. The number of hydrogen-bond acceptors (Lipinski definition) is 4. The predicted molar refractivity (Wildman–Crippen MR) is 165 cm³/mol. The first-order valence-corrected chi connectivity index (χ1v) is 14.2. The van der Waals surface area contributed by atoms with Crippen LogP contribution in [0, 0.1) is 0 Å². The average molecular weight is 599 g/mol. The molecule has 212 valence electrons. The maximum absolute atomic E-state index is 12.9. The molecule has 5 rings (SSSR count). The van der Waals surface area contributed by atoms with Gasteiger partial charge in [-0.2, -0.15) is 0 Å². The first-order chi connectivity index (χ1) is 20.4. The normalized spacial score (nSPS) is 12.0. The Balaban J connectivity index is 1.50. The third-order valence-corrected chi connectivity index (χ3v) is 7.92. The summed E-state index contributed by atoms with van der Waals surface area (Å²) in [6.45, 7) is 0. The van der Waals surface area contributed by atoms with Gasteiger partial charge in [0.1, 0.15) is 11.6 Å². The summed E-state index contributed by atoms with van der Waals surface area (Å²) in [7, 11) is 1.30. The number of aromatic nitrogens is 2. The van der Waals surface area contributed by atoms with E-state index in [1.54, 1.807) is 24.5 Å². The number of hydrogen-bond donors (Lipinski definition) is 1. The summed E-state index contributed by atoms with van der Waals surface area (Å²) in [6, 6.07) is 34.7. The van der Waals surface area contributed by atoms with Crippen molar-refractivity contribution >= 4 is 35.1 Å². The van der Waals surface area contributed by atoms with Gasteiger partial charge in [0.05, 0.1) is 35.6 Å². The molecular formula is C34H29Cl2N3O3. The zero-order valence-corrected chi connectivity index (χ0v) is 24.4. The van der Waals surface area contributed by atoms with E-state index in [0.717, 1.165) is 16.7 Å². The number of carbonyl (C=O) groups is 2. The molecular weight excluding hydrogens is 569 g/mol. The lowest BCUT2D eigenvalue weighted by molar-refractivity contribution is -0.145. The Morgan fingerprint density at radius 2 is 1.38 bits per heavy atom. The summed E-state index contributed by atoms with van der Waals surface area (Å²) in [5.74, 6) is -0.914. The third kappa shape index (κ3) is 6.10. The Bertz CT molecular complexity index is 1560. The Labute approximate surface area is 254 Å². The van der Waals surface area contributed by atoms with Crippen LogP contribution in [0.15, 0.2) is 122 Å². The van der Waals surface area contributed by atoms with E-state index in [9.17, 15) is 9.59 Å². The molecule has 0 aliphatic heterocycles. The number of carbonyl (C=O) groups excluding carboxylic acids is 2. The number of methoxy groups -OCH3 is 1. The van der Waals surface area contributed by atoms with Gasteiger partial charge in [-0.15, -0.1) is 0 Å². The highest BCUT2D eigenvalue weighted by Gasteiger charge is 2.38. The van der Waals surface area contributed by atoms with Crippen molar-refractivity contribution in [1.82, 2.24) is 14.9 Å². The van der Waals surface area contributed by atoms with Crippen LogP contribution in [0.2, 0.25) is 10.0 Å². The third-order valence-electron chi connectivity index (χ3n) is 7.18. The molecule has 4 aromatic carbocycles. The summed E-state index contributed by atoms with van der Waals surface area (Å²) in [6.07, 6.45) is 3.86. The van der Waals surface area contributed by atoms with Crippen LogP contribution in [0.5, 0.6) is 0 Å². The predicted octanol–water partition coefficient (Wildman–Crippen LogP) is 6.47. The highest BCUT2D eigenvalue weighted by molar-refractivity contribution is 6.42. The Hall–Kier alpha value is -4.39. The molecule has 0 fully saturated rings. The molecule has 1 amide bonds. The molecule has 0 unspecified atom stereocenters. The maximum atomic E-state index is 12.9. The molecule has 42 heavy (non-hydrogen) atoms. The second-order valence-corrected chi connectivity index (χ2v) is 10.7. The minimum Gasteiger partial charge on any atom is -0.467 e. The Morgan fingerprint density at radius 1 is 0.833 bits per heavy atom. The fraction of sp³-hybridized carbons (Fsp3) is 0.147. The fourth-order valence-corrected chi connectivity index (χ4v) is 5.58. The molecule has 0 spiro atoms. The number of esters is 1. The van der Waals surface area contributed by atoms with Crippen molar-refractivity contribution in [1.29, 1.82) is 0 Å². The zero-order chi connectivity index (χ0) is 29.5. The topological polar surface area (TPSA) is 73.2 Å². The second-order valence-electron chi connectivity index (χ2n) is 9.85. The van der Waals surface area contributed by atoms with Crippen LogP contribution in [0.25, 0.3) is 0 Å². The van der Waals surface area contributed by atoms with Crippen molar-refractivity contribution in [3.05, 3.63) is 160 Å². The van der Waals surface area contributed by atoms with Gasteiger partial charge in [0.15, 0.2) is 0 Å². The zero-order valence-electron chi connectivity index (χ0n) is 22.9. The average Bonchev–Trinajstić information content (AvgIpc) is 3.49. The minimum atomic E-state index is -0.937. The van der Waals surface area contributed by atoms with E-state index in [2.05, 4.69) is 46.3 Å². The Kier molecular flexibility index (Phi) is 9.06. The summed E-state index contributed by atoms with van der Waals surface area (Å²) in [5.41, 5.74) is 3.69. The maximum Gasteiger partial charge on any atom is 0.328 e. The van der Waals surface area contributed by atoms with Crippen molar-refractivity contribution < 1.29 is 14.3 Å². The first-order valence-electron chi connectivity index (χ1n) is 13.4. The number of halogens is 2. The lowest BCUT2D eigenvalue weighted by atomic mass is 9.77. The van der Waals surface area contributed by atoms with Gasteiger partial charge < -0.3 is 14.6 Å². The van der Waals surface area contributed by atoms with E-state index < -0.39 is 17.6 Å². The smallest absolute Gasteiger partial charge is 0.328 e. The van der Waals surface area contributed by atoms with Gasteiger partial charge in [0, 0.05) is 12.6 Å². The van der Waals surface area contributed by atoms with Gasteiger partial charge in [0.2, 0.25) is 5.91 Å². The van der Waals surface area contributed by atoms with E-state index in [4.69, 9.17) is 32.9 Å². The van der Waals surface area contributed by atoms with Crippen LogP contribution < -0.4 is 5.32 Å². The highest BCUT2D eigenvalue weighted by atomic mass is 35.5. The lowest BCUT2D eigenvalue weighted by Gasteiger charge is -2.37. The second kappa shape index (κ2) is 13.1. The SMILES string of the molecule is COC(=O)[C@@H](Cc1cn(C(c2ccccc2)(c2ccccc2)c2ccccc2)cn1)NC(=O)Cc1ccc(Cl)c(Cl)c1. The summed E-state index contributed by atoms with van der Waals surface area (Å²) >= 11 is 12.1. The van der Waals surface area contributed by atoms with Gasteiger partial charge in [-0.1, -0.05) is 120 Å². The molecule has 0 saturated carbocycles. The van der Waals surface area contributed by atoms with Crippen LogP contribution in [0.1, 0.15) is 27.9 Å². The van der Waals surface area contributed by atoms with Gasteiger partial charge in [0.25, 0.3) is 0 Å². The molecule has 0 aliphatic rings. The number of benzene rings is 4. The van der Waals surface area contributed by atoms with Crippen LogP contribution in [0.3, 0.4) is 0 Å². The van der Waals surface area contributed by atoms with Crippen molar-refractivity contribution in [2.45, 2.75) is 24.4 Å². The van der Waals surface area contributed by atoms with Crippen LogP contribution in [-0.2, 0) is 32.7 Å². The van der Waals surface area contributed by atoms with Gasteiger partial charge in [-0.05, 0) is 34.4 Å². The standard InChI is InChI=1S/C34H29Cl2N3O3/c1-42-33(41)31(38-32(40)20-24-17-18-29(35)30(36)19-24)21-28-22-39(23-37-28)34(25-11-5-2-6-12-25,26-13-7-3-8-14-26)27-15-9-4-10-16-27/h2-19,22-23,31H,20-21H2,1H3,(H,38,40)/t31-/m1/s1. The van der Waals surface area contributed by atoms with Crippen molar-refractivity contribution in [2.75, 3.05) is 7.11 Å². The molecule has 0 saturated heterocycles. The fourth-order valence-electron chi connectivity index (χ4n) is 5.26. The quantitative estimate of drug-likeness (QED) is 0.148. The lowest BCUT2D eigenvalue weighted by Crippen LogP contribution is -2.43. The molecule has 1 N–H and O–H groups in total. The number of amides is 1. The van der Waals surface area contributed by atoms with Crippen molar-refractivity contribution in [2.24, 2.45) is 0 Å². The molecule has 0 aliphatic carbocycles. The monoisotopic (exact) mass is 597 g/mol. The first kappa shape index (κ1) is 29.1. The largest absolute Gasteiger partial charge is 0.467 e. The summed E-state index contributed by atoms with van der Waals surface area (Å²) in [5, 5.41) is 3.56. The molecule has 1 atom stereocenters. The van der Waals surface area contributed by atoms with Crippen LogP contribution in [-0.4, -0.2) is 34.6 Å². The van der Waals surface area contributed by atoms with Crippen molar-refractivity contribution in [3.63, 3.8) is 0 Å². The van der Waals surface area contributed by atoms with E-state index >= 15 is 0 Å². The molecule has 0 radical (unpaired) electrons. The highest BCUT2D eigenvalue weighted by Crippen LogP contribution is 2.40. The number of nitrogens with one attached hydrogen (secondary N) is 1. The number of imidazole rings is 1. The van der Waals surface area contributed by atoms with Crippen LogP contribution in [0.4, 0.5) is 0 Å². The van der Waals surface area contributed by atoms with E-state index in [1.807, 2.05) is 60.8 Å². The number of rotatable bonds is 10. The summed E-state index contributed by atoms with van der Waals surface area (Å²) in [4.78, 5) is 30.4. The molecule has 5 aromatic rings. The summed E-state index contributed by atoms with van der Waals surface area (Å²) < 4.78 is 7.09. The molecule has 1 heterocycles. The van der Waals surface area contributed by atoms with Gasteiger partial charge in [-0.25, -0.2) is 9.78 Å². The number of nitrogens with zero attached hydrogens (tertiary/aromatic N) is 2. The number of ether oxygens (including phenoxy) is 1. The van der Waals surface area contributed by atoms with Crippen LogP contribution >= 0.6 is 23.2 Å². The molecule has 0 bridgehead atoms. The van der Waals surface area contributed by atoms with Crippen molar-refractivity contribution in [3.8, 4) is 0 Å². The Morgan fingerprint density at radius 3 is 1.88 bits per heavy atom. The molecule has 6 nitrogen and oxygen atoms in total. The van der Waals surface area contributed by atoms with E-state index in [1.165, 1.54) is 7.11 Å². The molecule has 1 aromatic heterocycles. The van der Waals surface area contributed by atoms with E-state index in [-0.39, 0.29) is 18.7 Å².